The van der Waals surface area contributed by atoms with Crippen LogP contribution in [0.5, 0.6) is 5.88 Å². The number of aromatic hydroxyl groups is 1. The van der Waals surface area contributed by atoms with Crippen LogP contribution in [0.4, 0.5) is 5.95 Å². The molecule has 32 heavy (non-hydrogen) atoms. The summed E-state index contributed by atoms with van der Waals surface area (Å²) in [5.74, 6) is 0.162. The van der Waals surface area contributed by atoms with Gasteiger partial charge in [-0.2, -0.15) is 19.6 Å². The molecule has 1 fully saturated rings. The first-order chi connectivity index (χ1) is 15.5. The lowest BCUT2D eigenvalue weighted by Gasteiger charge is -2.16. The number of imidazole rings is 1. The van der Waals surface area contributed by atoms with Crippen molar-refractivity contribution in [3.63, 3.8) is 0 Å². The van der Waals surface area contributed by atoms with Crippen molar-refractivity contribution < 1.29 is 5.11 Å². The number of hydrogen-bond acceptors (Lipinski definition) is 8. The molecule has 1 saturated carbocycles. The van der Waals surface area contributed by atoms with Crippen molar-refractivity contribution in [1.82, 2.24) is 34.5 Å². The Balaban J connectivity index is 1.63. The highest BCUT2D eigenvalue weighted by atomic mass is 16.3. The number of fused-ring (bicyclic) bond motifs is 1. The molecule has 1 aliphatic rings. The maximum absolute atomic E-state index is 11.5. The van der Waals surface area contributed by atoms with Crippen molar-refractivity contribution in [3.05, 3.63) is 62.8 Å². The number of nitrogens with one attached hydrogen (secondary N) is 3. The van der Waals surface area contributed by atoms with E-state index in [9.17, 15) is 9.90 Å². The van der Waals surface area contributed by atoms with Gasteiger partial charge in [0.2, 0.25) is 11.8 Å². The average Bonchev–Trinajstić information content (AvgIpc) is 3.40. The van der Waals surface area contributed by atoms with Crippen LogP contribution >= 0.6 is 0 Å². The molecule has 1 atom stereocenters. The fraction of sp³-hybridized carbons (Fsp3) is 0.333. The summed E-state index contributed by atoms with van der Waals surface area (Å²) in [5, 5.41) is 18.3. The van der Waals surface area contributed by atoms with Gasteiger partial charge in [0.15, 0.2) is 5.65 Å². The smallest absolute Gasteiger partial charge is 0.326 e. The molecule has 4 N–H and O–H groups in total. The number of hydrogen-bond donors (Lipinski definition) is 4. The second-order valence-corrected chi connectivity index (χ2v) is 7.84. The van der Waals surface area contributed by atoms with E-state index in [1.54, 1.807) is 16.8 Å². The number of nitrogens with zero attached hydrogens (tertiary/aromatic N) is 6. The average molecular weight is 433 g/mol. The van der Waals surface area contributed by atoms with Gasteiger partial charge in [-0.15, -0.1) is 0 Å². The number of aromatic amines is 2. The van der Waals surface area contributed by atoms with E-state index in [0.717, 1.165) is 30.7 Å². The molecule has 0 aliphatic heterocycles. The van der Waals surface area contributed by atoms with E-state index in [4.69, 9.17) is 0 Å². The van der Waals surface area contributed by atoms with E-state index in [0.29, 0.717) is 22.4 Å². The molecule has 0 spiro atoms. The molecular weight excluding hydrogens is 410 g/mol. The summed E-state index contributed by atoms with van der Waals surface area (Å²) in [6, 6.07) is 6.08. The van der Waals surface area contributed by atoms with Crippen LogP contribution in [-0.4, -0.2) is 45.7 Å². The Morgan fingerprint density at radius 1 is 1.31 bits per heavy atom. The zero-order valence-corrected chi connectivity index (χ0v) is 17.7. The first kappa shape index (κ1) is 19.9. The monoisotopic (exact) mass is 433 g/mol. The van der Waals surface area contributed by atoms with Gasteiger partial charge < -0.3 is 15.4 Å². The van der Waals surface area contributed by atoms with Gasteiger partial charge in [0.05, 0.1) is 24.0 Å². The Labute approximate surface area is 182 Å². The summed E-state index contributed by atoms with van der Waals surface area (Å²) in [6.45, 7) is 4.03. The summed E-state index contributed by atoms with van der Waals surface area (Å²) in [5.41, 5.74) is 2.56. The van der Waals surface area contributed by atoms with E-state index in [1.165, 1.54) is 0 Å². The lowest BCUT2D eigenvalue weighted by Crippen LogP contribution is -2.26. The summed E-state index contributed by atoms with van der Waals surface area (Å²) < 4.78 is 1.57. The van der Waals surface area contributed by atoms with Crippen molar-refractivity contribution in [2.75, 3.05) is 5.32 Å². The summed E-state index contributed by atoms with van der Waals surface area (Å²) in [6.07, 6.45) is 6.04. The Morgan fingerprint density at radius 2 is 2.16 bits per heavy atom. The predicted octanol–water partition coefficient (Wildman–Crippen LogP) is 0.724. The molecule has 5 rings (SSSR count). The van der Waals surface area contributed by atoms with Crippen LogP contribution in [0.15, 0.2) is 34.2 Å². The zero-order chi connectivity index (χ0) is 22.2. The van der Waals surface area contributed by atoms with Crippen LogP contribution in [0.2, 0.25) is 0 Å². The van der Waals surface area contributed by atoms with E-state index in [2.05, 4.69) is 47.3 Å². The van der Waals surface area contributed by atoms with Gasteiger partial charge >= 0.3 is 5.69 Å². The molecule has 1 aliphatic carbocycles. The molecule has 4 aromatic rings. The normalized spacial score (nSPS) is 16.1. The number of aryl methyl sites for hydroxylation is 1. The Kier molecular flexibility index (Phi) is 4.92. The number of pyridine rings is 1. The summed E-state index contributed by atoms with van der Waals surface area (Å²) >= 11 is 0. The van der Waals surface area contributed by atoms with Crippen LogP contribution < -0.4 is 21.8 Å². The van der Waals surface area contributed by atoms with E-state index in [1.807, 2.05) is 25.1 Å². The Morgan fingerprint density at radius 3 is 2.84 bits per heavy atom. The third-order valence-corrected chi connectivity index (χ3v) is 5.24. The maximum Gasteiger partial charge on any atom is 0.326 e. The third-order valence-electron chi connectivity index (χ3n) is 5.24. The molecule has 11 heteroatoms. The lowest BCUT2D eigenvalue weighted by atomic mass is 10.1. The molecule has 0 amide bonds. The highest BCUT2D eigenvalue weighted by Crippen LogP contribution is 2.22. The summed E-state index contributed by atoms with van der Waals surface area (Å²) in [4.78, 5) is 34.9. The first-order valence-corrected chi connectivity index (χ1v) is 10.5. The van der Waals surface area contributed by atoms with E-state index >= 15 is 0 Å². The second-order valence-electron chi connectivity index (χ2n) is 7.84. The molecule has 11 nitrogen and oxygen atoms in total. The maximum atomic E-state index is 11.5. The minimum atomic E-state index is -0.497. The fourth-order valence-corrected chi connectivity index (χ4v) is 3.44. The van der Waals surface area contributed by atoms with Gasteiger partial charge in [-0.3, -0.25) is 9.97 Å². The minimum Gasteiger partial charge on any atom is -0.493 e. The van der Waals surface area contributed by atoms with E-state index in [-0.39, 0.29) is 23.7 Å². The molecule has 0 bridgehead atoms. The van der Waals surface area contributed by atoms with Crippen LogP contribution in [0, 0.1) is 6.92 Å². The summed E-state index contributed by atoms with van der Waals surface area (Å²) in [7, 11) is 0. The van der Waals surface area contributed by atoms with Crippen LogP contribution in [0.25, 0.3) is 11.7 Å². The van der Waals surface area contributed by atoms with Crippen molar-refractivity contribution in [3.8, 4) is 5.88 Å². The SMILES string of the molecule is CCC(Nc1nc(=NC2CC2)n2ncc(=Cc3[nH]c(=O)[nH]c3O)c2n1)c1cccc(C)n1. The van der Waals surface area contributed by atoms with E-state index < -0.39 is 5.69 Å². The highest BCUT2D eigenvalue weighted by Gasteiger charge is 2.21. The van der Waals surface area contributed by atoms with Crippen LogP contribution in [0.3, 0.4) is 0 Å². The van der Waals surface area contributed by atoms with Crippen molar-refractivity contribution in [1.29, 1.82) is 0 Å². The zero-order valence-electron chi connectivity index (χ0n) is 17.7. The first-order valence-electron chi connectivity index (χ1n) is 10.5. The molecule has 0 saturated heterocycles. The van der Waals surface area contributed by atoms with Gasteiger partial charge in [0, 0.05) is 10.9 Å². The second kappa shape index (κ2) is 7.91. The quantitative estimate of drug-likeness (QED) is 0.350. The molecule has 4 aromatic heterocycles. The molecule has 0 aromatic carbocycles. The minimum absolute atomic E-state index is 0.0773. The van der Waals surface area contributed by atoms with Gasteiger partial charge in [-0.1, -0.05) is 13.0 Å². The van der Waals surface area contributed by atoms with Crippen molar-refractivity contribution >= 4 is 17.7 Å². The predicted molar refractivity (Wildman–Crippen MR) is 117 cm³/mol. The Bertz CT molecular complexity index is 1460. The molecular formula is C21H23N9O2. The van der Waals surface area contributed by atoms with Crippen molar-refractivity contribution in [2.24, 2.45) is 4.99 Å². The number of H-pyrrole nitrogens is 2. The molecule has 1 unspecified atom stereocenters. The molecule has 0 radical (unpaired) electrons. The number of aromatic nitrogens is 7. The third kappa shape index (κ3) is 3.96. The topological polar surface area (TPSA) is 149 Å². The Hall–Kier alpha value is -4.02. The van der Waals surface area contributed by atoms with Gasteiger partial charge in [0.1, 0.15) is 5.69 Å². The number of anilines is 1. The lowest BCUT2D eigenvalue weighted by molar-refractivity contribution is 0.454. The standard InChI is InChI=1S/C21H23N9O2/c1-3-14(15-6-4-5-11(2)23-15)25-19-27-17-12(9-16-18(31)28-21(32)26-16)10-22-30(17)20(29-19)24-13-7-8-13/h4-6,9-10,13-14,31H,3,7-8H2,1-2H3,(H,24,25,29)(H2,26,28,32). The van der Waals surface area contributed by atoms with Crippen LogP contribution in [0.1, 0.15) is 49.3 Å². The van der Waals surface area contributed by atoms with Crippen molar-refractivity contribution in [2.45, 2.75) is 45.2 Å². The van der Waals surface area contributed by atoms with Gasteiger partial charge in [-0.25, -0.2) is 9.79 Å². The highest BCUT2D eigenvalue weighted by molar-refractivity contribution is 5.57. The van der Waals surface area contributed by atoms with Gasteiger partial charge in [0.25, 0.3) is 5.62 Å². The van der Waals surface area contributed by atoms with Gasteiger partial charge in [-0.05, 0) is 44.4 Å². The number of rotatable bonds is 6. The molecule has 164 valence electrons. The fourth-order valence-electron chi connectivity index (χ4n) is 3.44. The van der Waals surface area contributed by atoms with Crippen LogP contribution in [-0.2, 0) is 0 Å². The molecule has 4 heterocycles. The largest absolute Gasteiger partial charge is 0.493 e.